The molecule has 154 valence electrons. The third kappa shape index (κ3) is 5.32. The van der Waals surface area contributed by atoms with E-state index >= 15 is 0 Å². The molecule has 10 heteroatoms. The maximum absolute atomic E-state index is 12.3. The number of nitrogens with zero attached hydrogens (tertiary/aromatic N) is 1. The zero-order chi connectivity index (χ0) is 21.5. The number of methoxy groups -OCH3 is 1. The lowest BCUT2D eigenvalue weighted by Gasteiger charge is -2.13. The number of thiazole rings is 1. The third-order valence-corrected chi connectivity index (χ3v) is 4.54. The van der Waals surface area contributed by atoms with E-state index in [1.165, 1.54) is 12.5 Å². The quantitative estimate of drug-likeness (QED) is 0.494. The van der Waals surface area contributed by atoms with E-state index < -0.39 is 17.8 Å². The highest BCUT2D eigenvalue weighted by molar-refractivity contribution is 7.14. The lowest BCUT2D eigenvalue weighted by molar-refractivity contribution is -0.136. The number of aromatic nitrogens is 1. The summed E-state index contributed by atoms with van der Waals surface area (Å²) in [4.78, 5) is 39.2. The minimum absolute atomic E-state index is 0.130. The first-order valence-electron chi connectivity index (χ1n) is 8.64. The molecule has 0 bridgehead atoms. The predicted octanol–water partition coefficient (Wildman–Crippen LogP) is 3.15. The Morgan fingerprint density at radius 3 is 2.30 bits per heavy atom. The van der Waals surface area contributed by atoms with Crippen molar-refractivity contribution in [3.63, 3.8) is 0 Å². The van der Waals surface area contributed by atoms with Crippen LogP contribution in [0.2, 0.25) is 0 Å². The Morgan fingerprint density at radius 2 is 1.60 bits per heavy atom. The van der Waals surface area contributed by atoms with Gasteiger partial charge in [0.25, 0.3) is 0 Å². The van der Waals surface area contributed by atoms with E-state index in [0.29, 0.717) is 22.9 Å². The van der Waals surface area contributed by atoms with Crippen molar-refractivity contribution >= 4 is 39.9 Å². The summed E-state index contributed by atoms with van der Waals surface area (Å²) in [6.45, 7) is 0. The van der Waals surface area contributed by atoms with E-state index in [0.717, 1.165) is 11.3 Å². The van der Waals surface area contributed by atoms with Gasteiger partial charge in [0.05, 0.1) is 24.9 Å². The van der Waals surface area contributed by atoms with Gasteiger partial charge in [0.15, 0.2) is 22.4 Å². The van der Waals surface area contributed by atoms with Gasteiger partial charge in [-0.1, -0.05) is 24.3 Å². The first kappa shape index (κ1) is 20.8. The van der Waals surface area contributed by atoms with Crippen molar-refractivity contribution in [3.05, 3.63) is 59.6 Å². The largest absolute Gasteiger partial charge is 0.493 e. The van der Waals surface area contributed by atoms with E-state index in [1.54, 1.807) is 48.5 Å². The number of amides is 2. The molecule has 0 unspecified atom stereocenters. The molecule has 3 N–H and O–H groups in total. The minimum atomic E-state index is -1.04. The molecule has 0 aliphatic rings. The Balaban J connectivity index is 1.68. The fourth-order valence-electron chi connectivity index (χ4n) is 2.41. The standard InChI is InChI=1S/C20H17N3O6S/c1-28-15-8-4-5-9-16(15)29-14-7-3-2-6-13(14)22-18(26)19(27)23-20-21-12(11-30-20)10-17(24)25/h2-9,11H,10H2,1H3,(H,22,26)(H,24,25)(H,21,23,27). The summed E-state index contributed by atoms with van der Waals surface area (Å²) in [6, 6.07) is 13.6. The second kappa shape index (κ2) is 9.52. The van der Waals surface area contributed by atoms with Gasteiger partial charge in [-0.3, -0.25) is 19.7 Å². The van der Waals surface area contributed by atoms with Crippen molar-refractivity contribution < 1.29 is 29.0 Å². The molecule has 3 rings (SSSR count). The minimum Gasteiger partial charge on any atom is -0.493 e. The third-order valence-electron chi connectivity index (χ3n) is 3.74. The number of carbonyl (C=O) groups excluding carboxylic acids is 2. The normalized spacial score (nSPS) is 10.2. The number of benzene rings is 2. The second-order valence-electron chi connectivity index (χ2n) is 5.87. The summed E-state index contributed by atoms with van der Waals surface area (Å²) in [6.07, 6.45) is -0.272. The second-order valence-corrected chi connectivity index (χ2v) is 6.73. The molecule has 30 heavy (non-hydrogen) atoms. The van der Waals surface area contributed by atoms with E-state index in [4.69, 9.17) is 14.6 Å². The summed E-state index contributed by atoms with van der Waals surface area (Å²) in [5.74, 6) is -1.64. The van der Waals surface area contributed by atoms with Crippen molar-refractivity contribution in [2.45, 2.75) is 6.42 Å². The highest BCUT2D eigenvalue weighted by Gasteiger charge is 2.18. The predicted molar refractivity (Wildman–Crippen MR) is 110 cm³/mol. The average Bonchev–Trinajstić information content (AvgIpc) is 3.15. The van der Waals surface area contributed by atoms with Gasteiger partial charge in [-0.15, -0.1) is 11.3 Å². The van der Waals surface area contributed by atoms with E-state index in [1.807, 2.05) is 0 Å². The molecule has 0 atom stereocenters. The van der Waals surface area contributed by atoms with Crippen LogP contribution in [-0.4, -0.2) is 35.0 Å². The summed E-state index contributed by atoms with van der Waals surface area (Å²) in [5.41, 5.74) is 0.577. The van der Waals surface area contributed by atoms with Crippen LogP contribution in [0.25, 0.3) is 0 Å². The molecular weight excluding hydrogens is 410 g/mol. The van der Waals surface area contributed by atoms with Gasteiger partial charge in [0.1, 0.15) is 0 Å². The Bertz CT molecular complexity index is 1080. The number of hydrogen-bond acceptors (Lipinski definition) is 7. The van der Waals surface area contributed by atoms with Gasteiger partial charge in [0, 0.05) is 5.38 Å². The molecule has 1 heterocycles. The first-order valence-corrected chi connectivity index (χ1v) is 9.52. The molecule has 0 saturated carbocycles. The van der Waals surface area contributed by atoms with Crippen LogP contribution in [0.5, 0.6) is 17.2 Å². The molecule has 9 nitrogen and oxygen atoms in total. The molecule has 0 aliphatic carbocycles. The van der Waals surface area contributed by atoms with Crippen molar-refractivity contribution in [1.29, 1.82) is 0 Å². The molecular formula is C20H17N3O6S. The Hall–Kier alpha value is -3.92. The summed E-state index contributed by atoms with van der Waals surface area (Å²) < 4.78 is 11.1. The van der Waals surface area contributed by atoms with Crippen molar-refractivity contribution in [2.75, 3.05) is 17.7 Å². The first-order chi connectivity index (χ1) is 14.5. The van der Waals surface area contributed by atoms with Crippen molar-refractivity contribution in [3.8, 4) is 17.2 Å². The van der Waals surface area contributed by atoms with Gasteiger partial charge in [-0.25, -0.2) is 4.98 Å². The van der Waals surface area contributed by atoms with E-state index in [9.17, 15) is 14.4 Å². The molecule has 0 radical (unpaired) electrons. The smallest absolute Gasteiger partial charge is 0.315 e. The Morgan fingerprint density at radius 1 is 0.967 bits per heavy atom. The fourth-order valence-corrected chi connectivity index (χ4v) is 3.12. The highest BCUT2D eigenvalue weighted by Crippen LogP contribution is 2.34. The molecule has 3 aromatic rings. The lowest BCUT2D eigenvalue weighted by Crippen LogP contribution is -2.29. The van der Waals surface area contributed by atoms with Crippen LogP contribution in [0, 0.1) is 0 Å². The van der Waals surface area contributed by atoms with Crippen LogP contribution in [0.15, 0.2) is 53.9 Å². The van der Waals surface area contributed by atoms with Crippen molar-refractivity contribution in [2.24, 2.45) is 0 Å². The summed E-state index contributed by atoms with van der Waals surface area (Å²) >= 11 is 1.03. The van der Waals surface area contributed by atoms with Crippen LogP contribution in [0.1, 0.15) is 5.69 Å². The zero-order valence-corrected chi connectivity index (χ0v) is 16.6. The monoisotopic (exact) mass is 427 g/mol. The number of carboxylic acid groups (broad SMARTS) is 1. The van der Waals surface area contributed by atoms with Crippen LogP contribution >= 0.6 is 11.3 Å². The van der Waals surface area contributed by atoms with Gasteiger partial charge in [-0.2, -0.15) is 0 Å². The van der Waals surface area contributed by atoms with Gasteiger partial charge < -0.3 is 19.9 Å². The topological polar surface area (TPSA) is 127 Å². The van der Waals surface area contributed by atoms with Gasteiger partial charge in [0.2, 0.25) is 0 Å². The highest BCUT2D eigenvalue weighted by atomic mass is 32.1. The lowest BCUT2D eigenvalue weighted by atomic mass is 10.2. The number of para-hydroxylation sites is 4. The number of rotatable bonds is 7. The van der Waals surface area contributed by atoms with Crippen LogP contribution in [0.3, 0.4) is 0 Å². The SMILES string of the molecule is COc1ccccc1Oc1ccccc1NC(=O)C(=O)Nc1nc(CC(=O)O)cs1. The summed E-state index contributed by atoms with van der Waals surface area (Å²) in [5, 5.41) is 15.2. The van der Waals surface area contributed by atoms with E-state index in [2.05, 4.69) is 15.6 Å². The molecule has 1 aromatic heterocycles. The van der Waals surface area contributed by atoms with Crippen LogP contribution in [-0.2, 0) is 20.8 Å². The molecule has 2 amide bonds. The van der Waals surface area contributed by atoms with Crippen molar-refractivity contribution in [1.82, 2.24) is 4.98 Å². The number of carbonyl (C=O) groups is 3. The molecule has 0 saturated heterocycles. The number of ether oxygens (including phenoxy) is 2. The maximum Gasteiger partial charge on any atom is 0.315 e. The van der Waals surface area contributed by atoms with Gasteiger partial charge in [-0.05, 0) is 24.3 Å². The fraction of sp³-hybridized carbons (Fsp3) is 0.100. The van der Waals surface area contributed by atoms with E-state index in [-0.39, 0.29) is 17.2 Å². The number of nitrogens with one attached hydrogen (secondary N) is 2. The number of anilines is 2. The Labute approximate surface area is 175 Å². The Kier molecular flexibility index (Phi) is 6.60. The zero-order valence-electron chi connectivity index (χ0n) is 15.7. The molecule has 2 aromatic carbocycles. The number of aliphatic carboxylic acids is 1. The molecule has 0 spiro atoms. The van der Waals surface area contributed by atoms with Gasteiger partial charge >= 0.3 is 17.8 Å². The number of carboxylic acids is 1. The molecule has 0 aliphatic heterocycles. The maximum atomic E-state index is 12.3. The molecule has 0 fully saturated rings. The average molecular weight is 427 g/mol. The number of hydrogen-bond donors (Lipinski definition) is 3. The summed E-state index contributed by atoms with van der Waals surface area (Å²) in [7, 11) is 1.51. The van der Waals surface area contributed by atoms with Crippen LogP contribution < -0.4 is 20.1 Å². The van der Waals surface area contributed by atoms with Crippen LogP contribution in [0.4, 0.5) is 10.8 Å².